The van der Waals surface area contributed by atoms with Gasteiger partial charge < -0.3 is 15.2 Å². The second-order valence-electron chi connectivity index (χ2n) is 8.79. The highest BCUT2D eigenvalue weighted by atomic mass is 35.5. The van der Waals surface area contributed by atoms with Crippen molar-refractivity contribution in [1.82, 2.24) is 15.0 Å². The van der Waals surface area contributed by atoms with Crippen LogP contribution in [0.25, 0.3) is 22.2 Å². The Morgan fingerprint density at radius 1 is 1.06 bits per heavy atom. The number of ether oxygens (including phenoxy) is 2. The number of nitrogen functional groups attached to an aromatic ring is 1. The van der Waals surface area contributed by atoms with E-state index in [9.17, 15) is 4.39 Å². The summed E-state index contributed by atoms with van der Waals surface area (Å²) < 4.78 is 25.5. The summed E-state index contributed by atoms with van der Waals surface area (Å²) in [6, 6.07) is 3.29. The van der Waals surface area contributed by atoms with Crippen molar-refractivity contribution in [2.75, 3.05) is 32.2 Å². The highest BCUT2D eigenvalue weighted by Crippen LogP contribution is 2.38. The van der Waals surface area contributed by atoms with E-state index in [1.807, 2.05) is 6.07 Å². The SMILES string of the molecule is C1CCOCC1.CC(C)c1c(C2CCOC2)cnc2c(F)cc(-c3nc(N)ncc3Cl)cc12. The molecule has 0 bridgehead atoms. The predicted molar refractivity (Wildman–Crippen MR) is 129 cm³/mol. The second kappa shape index (κ2) is 10.7. The summed E-state index contributed by atoms with van der Waals surface area (Å²) in [5.41, 5.74) is 9.24. The molecule has 6 nitrogen and oxygen atoms in total. The van der Waals surface area contributed by atoms with Crippen LogP contribution in [0, 0.1) is 5.82 Å². The number of nitrogens with zero attached hydrogens (tertiary/aromatic N) is 3. The Bertz CT molecular complexity index is 1100. The Kier molecular flexibility index (Phi) is 7.73. The molecule has 2 aromatic heterocycles. The van der Waals surface area contributed by atoms with E-state index in [0.29, 0.717) is 28.4 Å². The van der Waals surface area contributed by atoms with Gasteiger partial charge >= 0.3 is 0 Å². The van der Waals surface area contributed by atoms with E-state index < -0.39 is 5.82 Å². The molecule has 0 amide bonds. The van der Waals surface area contributed by atoms with Gasteiger partial charge in [0.2, 0.25) is 5.95 Å². The average molecular weight is 473 g/mol. The Labute approximate surface area is 198 Å². The van der Waals surface area contributed by atoms with Crippen LogP contribution in [-0.4, -0.2) is 41.4 Å². The van der Waals surface area contributed by atoms with Gasteiger partial charge in [0.1, 0.15) is 11.3 Å². The van der Waals surface area contributed by atoms with Crippen LogP contribution in [0.1, 0.15) is 62.5 Å². The molecule has 8 heteroatoms. The molecule has 2 aliphatic rings. The Balaban J connectivity index is 0.000000376. The summed E-state index contributed by atoms with van der Waals surface area (Å²) >= 11 is 6.24. The van der Waals surface area contributed by atoms with Crippen molar-refractivity contribution < 1.29 is 13.9 Å². The number of pyridine rings is 1. The number of aromatic nitrogens is 3. The van der Waals surface area contributed by atoms with E-state index in [1.54, 1.807) is 6.20 Å². The van der Waals surface area contributed by atoms with Gasteiger partial charge in [0, 0.05) is 42.9 Å². The molecule has 33 heavy (non-hydrogen) atoms. The number of hydrogen-bond acceptors (Lipinski definition) is 6. The van der Waals surface area contributed by atoms with Crippen LogP contribution in [0.15, 0.2) is 24.5 Å². The number of halogens is 2. The van der Waals surface area contributed by atoms with Crippen molar-refractivity contribution in [2.45, 2.75) is 51.4 Å². The fraction of sp³-hybridized carbons (Fsp3) is 0.480. The summed E-state index contributed by atoms with van der Waals surface area (Å²) in [7, 11) is 0. The molecule has 0 radical (unpaired) electrons. The molecule has 2 saturated heterocycles. The standard InChI is InChI=1S/C20H20ClFN4O.C5H10O/c1-10(2)17-13-5-12(18-15(21)8-25-20(23)26-18)6-16(22)19(13)24-7-14(17)11-3-4-27-9-11;1-2-4-6-5-3-1/h5-8,10-11H,3-4,9H2,1-2H3,(H2,23,25,26);1-5H2. The maximum absolute atomic E-state index is 14.9. The van der Waals surface area contributed by atoms with Crippen molar-refractivity contribution in [3.05, 3.63) is 46.5 Å². The smallest absolute Gasteiger partial charge is 0.220 e. The van der Waals surface area contributed by atoms with Crippen LogP contribution in [0.3, 0.4) is 0 Å². The van der Waals surface area contributed by atoms with Gasteiger partial charge in [-0.2, -0.15) is 0 Å². The van der Waals surface area contributed by atoms with Crippen molar-refractivity contribution >= 4 is 28.5 Å². The number of rotatable bonds is 3. The van der Waals surface area contributed by atoms with E-state index in [2.05, 4.69) is 28.8 Å². The molecular weight excluding hydrogens is 443 g/mol. The third-order valence-corrected chi connectivity index (χ3v) is 6.33. The van der Waals surface area contributed by atoms with Gasteiger partial charge in [-0.1, -0.05) is 25.4 Å². The number of benzene rings is 1. The topological polar surface area (TPSA) is 83.2 Å². The van der Waals surface area contributed by atoms with Crippen LogP contribution in [-0.2, 0) is 9.47 Å². The lowest BCUT2D eigenvalue weighted by Crippen LogP contribution is -2.07. The molecular formula is C25H30ClFN4O2. The summed E-state index contributed by atoms with van der Waals surface area (Å²) in [5, 5.41) is 1.10. The molecule has 5 rings (SSSR count). The molecule has 0 spiro atoms. The van der Waals surface area contributed by atoms with Crippen molar-refractivity contribution in [3.8, 4) is 11.3 Å². The number of fused-ring (bicyclic) bond motifs is 1. The summed E-state index contributed by atoms with van der Waals surface area (Å²) in [6.07, 6.45) is 8.11. The lowest BCUT2D eigenvalue weighted by atomic mass is 9.86. The van der Waals surface area contributed by atoms with Gasteiger partial charge in [-0.25, -0.2) is 14.4 Å². The first-order valence-electron chi connectivity index (χ1n) is 11.5. The quantitative estimate of drug-likeness (QED) is 0.512. The zero-order valence-corrected chi connectivity index (χ0v) is 19.9. The van der Waals surface area contributed by atoms with Gasteiger partial charge in [0.25, 0.3) is 0 Å². The van der Waals surface area contributed by atoms with Gasteiger partial charge in [-0.15, -0.1) is 0 Å². The lowest BCUT2D eigenvalue weighted by Gasteiger charge is -2.20. The Morgan fingerprint density at radius 2 is 1.85 bits per heavy atom. The minimum absolute atomic E-state index is 0.0916. The molecule has 2 aliphatic heterocycles. The fourth-order valence-corrected chi connectivity index (χ4v) is 4.65. The van der Waals surface area contributed by atoms with E-state index in [1.165, 1.54) is 31.5 Å². The molecule has 4 heterocycles. The van der Waals surface area contributed by atoms with Crippen LogP contribution in [0.4, 0.5) is 10.3 Å². The molecule has 3 aromatic rings. The lowest BCUT2D eigenvalue weighted by molar-refractivity contribution is 0.0968. The zero-order valence-electron chi connectivity index (χ0n) is 19.1. The van der Waals surface area contributed by atoms with Crippen molar-refractivity contribution in [1.29, 1.82) is 0 Å². The molecule has 1 aromatic carbocycles. The molecule has 1 atom stereocenters. The number of anilines is 1. The van der Waals surface area contributed by atoms with Gasteiger partial charge in [0.05, 0.1) is 23.5 Å². The maximum atomic E-state index is 14.9. The minimum Gasteiger partial charge on any atom is -0.381 e. The van der Waals surface area contributed by atoms with Crippen LogP contribution in [0.2, 0.25) is 5.02 Å². The summed E-state index contributed by atoms with van der Waals surface area (Å²) in [5.74, 6) is 0.164. The maximum Gasteiger partial charge on any atom is 0.220 e. The average Bonchev–Trinajstić information content (AvgIpc) is 3.36. The minimum atomic E-state index is -0.410. The number of nitrogens with two attached hydrogens (primary N) is 1. The highest BCUT2D eigenvalue weighted by molar-refractivity contribution is 6.33. The van der Waals surface area contributed by atoms with Crippen LogP contribution in [0.5, 0.6) is 0 Å². The van der Waals surface area contributed by atoms with Crippen LogP contribution >= 0.6 is 11.6 Å². The first-order valence-corrected chi connectivity index (χ1v) is 11.9. The predicted octanol–water partition coefficient (Wildman–Crippen LogP) is 5.88. The van der Waals surface area contributed by atoms with Crippen molar-refractivity contribution in [2.24, 2.45) is 0 Å². The van der Waals surface area contributed by atoms with Crippen molar-refractivity contribution in [3.63, 3.8) is 0 Å². The Hall–Kier alpha value is -2.35. The molecule has 2 N–H and O–H groups in total. The van der Waals surface area contributed by atoms with Gasteiger partial charge in [-0.3, -0.25) is 4.98 Å². The second-order valence-corrected chi connectivity index (χ2v) is 9.20. The molecule has 1 unspecified atom stereocenters. The number of hydrogen-bond donors (Lipinski definition) is 1. The van der Waals surface area contributed by atoms with E-state index in [0.717, 1.165) is 42.8 Å². The van der Waals surface area contributed by atoms with Gasteiger partial charge in [0.15, 0.2) is 0 Å². The molecule has 0 saturated carbocycles. The largest absolute Gasteiger partial charge is 0.381 e. The first-order chi connectivity index (χ1) is 16.0. The highest BCUT2D eigenvalue weighted by Gasteiger charge is 2.25. The monoisotopic (exact) mass is 472 g/mol. The first kappa shape index (κ1) is 23.8. The summed E-state index contributed by atoms with van der Waals surface area (Å²) in [6.45, 7) is 7.62. The molecule has 176 valence electrons. The van der Waals surface area contributed by atoms with Crippen LogP contribution < -0.4 is 5.73 Å². The molecule has 0 aliphatic carbocycles. The zero-order chi connectivity index (χ0) is 23.4. The third kappa shape index (κ3) is 5.42. The van der Waals surface area contributed by atoms with E-state index >= 15 is 0 Å². The fourth-order valence-electron chi connectivity index (χ4n) is 4.45. The summed E-state index contributed by atoms with van der Waals surface area (Å²) in [4.78, 5) is 12.5. The van der Waals surface area contributed by atoms with E-state index in [-0.39, 0.29) is 17.8 Å². The van der Waals surface area contributed by atoms with E-state index in [4.69, 9.17) is 26.8 Å². The third-order valence-electron chi connectivity index (χ3n) is 6.06. The Morgan fingerprint density at radius 3 is 2.45 bits per heavy atom. The normalized spacial score (nSPS) is 18.4. The molecule has 2 fully saturated rings. The van der Waals surface area contributed by atoms with Gasteiger partial charge in [-0.05, 0) is 54.9 Å².